The molecule has 0 amide bonds. The highest BCUT2D eigenvalue weighted by atomic mass is 15.0. The average molecular weight is 250 g/mol. The van der Waals surface area contributed by atoms with Crippen LogP contribution in [0, 0.1) is 11.8 Å². The molecule has 3 saturated carbocycles. The Bertz CT molecular complexity index is 250. The molecule has 3 aliphatic rings. The number of nitrogens with one attached hydrogen (secondary N) is 2. The van der Waals surface area contributed by atoms with E-state index in [1.165, 1.54) is 70.8 Å². The smallest absolute Gasteiger partial charge is 0.0190 e. The molecule has 0 saturated heterocycles. The van der Waals surface area contributed by atoms with Crippen molar-refractivity contribution in [2.24, 2.45) is 11.8 Å². The Balaban J connectivity index is 1.44. The topological polar surface area (TPSA) is 24.1 Å². The van der Waals surface area contributed by atoms with Gasteiger partial charge in [-0.15, -0.1) is 0 Å². The third kappa shape index (κ3) is 3.08. The molecule has 0 spiro atoms. The molecule has 0 aromatic rings. The van der Waals surface area contributed by atoms with Crippen LogP contribution in [0.2, 0.25) is 0 Å². The summed E-state index contributed by atoms with van der Waals surface area (Å²) in [6, 6.07) is 0.877. The van der Waals surface area contributed by atoms with Crippen molar-refractivity contribution in [3.63, 3.8) is 0 Å². The van der Waals surface area contributed by atoms with E-state index >= 15 is 0 Å². The Labute approximate surface area is 112 Å². The number of rotatable bonds is 7. The molecule has 0 aromatic carbocycles. The van der Waals surface area contributed by atoms with Gasteiger partial charge in [-0.25, -0.2) is 0 Å². The molecule has 2 heteroatoms. The summed E-state index contributed by atoms with van der Waals surface area (Å²) in [4.78, 5) is 0. The van der Waals surface area contributed by atoms with Crippen LogP contribution < -0.4 is 10.6 Å². The summed E-state index contributed by atoms with van der Waals surface area (Å²) in [7, 11) is 2.17. The van der Waals surface area contributed by atoms with Gasteiger partial charge in [0, 0.05) is 11.6 Å². The standard InChI is InChI=1S/C16H30N2/c1-17-16(9-3-2-4-10-16)11-12-18-15(13-5-6-13)14-7-8-14/h13-15,17-18H,2-12H2,1H3. The lowest BCUT2D eigenvalue weighted by molar-refractivity contribution is 0.222. The summed E-state index contributed by atoms with van der Waals surface area (Å²) >= 11 is 0. The lowest BCUT2D eigenvalue weighted by Crippen LogP contribution is -2.47. The molecule has 18 heavy (non-hydrogen) atoms. The maximum absolute atomic E-state index is 3.91. The Hall–Kier alpha value is -0.0800. The van der Waals surface area contributed by atoms with Crippen LogP contribution in [0.5, 0.6) is 0 Å². The first-order valence-corrected chi connectivity index (χ1v) is 8.25. The summed E-state index contributed by atoms with van der Waals surface area (Å²) in [5.74, 6) is 2.07. The Kier molecular flexibility index (Phi) is 3.95. The lowest BCUT2D eigenvalue weighted by atomic mass is 9.79. The van der Waals surface area contributed by atoms with Crippen LogP contribution in [0.25, 0.3) is 0 Å². The normalized spacial score (nSPS) is 27.7. The van der Waals surface area contributed by atoms with Gasteiger partial charge in [0.15, 0.2) is 0 Å². The second-order valence-corrected chi connectivity index (χ2v) is 7.00. The van der Waals surface area contributed by atoms with Crippen molar-refractivity contribution in [1.82, 2.24) is 10.6 Å². The van der Waals surface area contributed by atoms with Gasteiger partial charge >= 0.3 is 0 Å². The van der Waals surface area contributed by atoms with Crippen molar-refractivity contribution in [3.05, 3.63) is 0 Å². The summed E-state index contributed by atoms with van der Waals surface area (Å²) in [5.41, 5.74) is 0.461. The monoisotopic (exact) mass is 250 g/mol. The van der Waals surface area contributed by atoms with E-state index in [2.05, 4.69) is 17.7 Å². The largest absolute Gasteiger partial charge is 0.314 e. The van der Waals surface area contributed by atoms with Gasteiger partial charge in [-0.2, -0.15) is 0 Å². The highest BCUT2D eigenvalue weighted by Gasteiger charge is 2.41. The fraction of sp³-hybridized carbons (Fsp3) is 1.00. The predicted molar refractivity (Wildman–Crippen MR) is 76.7 cm³/mol. The van der Waals surface area contributed by atoms with Gasteiger partial charge in [0.25, 0.3) is 0 Å². The van der Waals surface area contributed by atoms with Gasteiger partial charge in [-0.1, -0.05) is 19.3 Å². The van der Waals surface area contributed by atoms with E-state index in [1.54, 1.807) is 0 Å². The first-order valence-electron chi connectivity index (χ1n) is 8.25. The van der Waals surface area contributed by atoms with E-state index in [-0.39, 0.29) is 0 Å². The van der Waals surface area contributed by atoms with Crippen molar-refractivity contribution in [1.29, 1.82) is 0 Å². The van der Waals surface area contributed by atoms with Crippen molar-refractivity contribution in [3.8, 4) is 0 Å². The van der Waals surface area contributed by atoms with Crippen LogP contribution in [0.1, 0.15) is 64.2 Å². The summed E-state index contributed by atoms with van der Waals surface area (Å²) < 4.78 is 0. The number of hydrogen-bond acceptors (Lipinski definition) is 2. The van der Waals surface area contributed by atoms with Crippen molar-refractivity contribution >= 4 is 0 Å². The van der Waals surface area contributed by atoms with Gasteiger partial charge in [0.2, 0.25) is 0 Å². The molecule has 2 N–H and O–H groups in total. The maximum Gasteiger partial charge on any atom is 0.0190 e. The van der Waals surface area contributed by atoms with Crippen LogP contribution in [-0.4, -0.2) is 25.2 Å². The summed E-state index contributed by atoms with van der Waals surface area (Å²) in [5, 5.41) is 7.55. The molecule has 0 aromatic heterocycles. The molecule has 0 aliphatic heterocycles. The van der Waals surface area contributed by atoms with Crippen LogP contribution in [0.3, 0.4) is 0 Å². The van der Waals surface area contributed by atoms with Crippen LogP contribution >= 0.6 is 0 Å². The van der Waals surface area contributed by atoms with Gasteiger partial charge < -0.3 is 10.6 Å². The summed E-state index contributed by atoms with van der Waals surface area (Å²) in [6.45, 7) is 1.23. The fourth-order valence-corrected chi connectivity index (χ4v) is 3.96. The van der Waals surface area contributed by atoms with Gasteiger partial charge in [0.1, 0.15) is 0 Å². The zero-order valence-corrected chi connectivity index (χ0v) is 12.0. The van der Waals surface area contributed by atoms with E-state index < -0.39 is 0 Å². The van der Waals surface area contributed by atoms with E-state index in [9.17, 15) is 0 Å². The highest BCUT2D eigenvalue weighted by Crippen LogP contribution is 2.44. The van der Waals surface area contributed by atoms with Crippen molar-refractivity contribution in [2.75, 3.05) is 13.6 Å². The predicted octanol–water partition coefficient (Wildman–Crippen LogP) is 3.08. The molecule has 0 unspecified atom stereocenters. The van der Waals surface area contributed by atoms with Gasteiger partial charge in [0.05, 0.1) is 0 Å². The molecule has 2 nitrogen and oxygen atoms in total. The van der Waals surface area contributed by atoms with Crippen LogP contribution in [-0.2, 0) is 0 Å². The molecule has 3 rings (SSSR count). The molecule has 0 atom stereocenters. The first-order chi connectivity index (χ1) is 8.83. The minimum atomic E-state index is 0.461. The molecule has 3 fully saturated rings. The quantitative estimate of drug-likeness (QED) is 0.725. The van der Waals surface area contributed by atoms with E-state index in [0.717, 1.165) is 17.9 Å². The maximum atomic E-state index is 3.91. The SMILES string of the molecule is CNC1(CCNC(C2CC2)C2CC2)CCCCC1. The van der Waals surface area contributed by atoms with E-state index in [1.807, 2.05) is 0 Å². The van der Waals surface area contributed by atoms with Gasteiger partial charge in [-0.3, -0.25) is 0 Å². The molecule has 3 aliphatic carbocycles. The zero-order chi connectivity index (χ0) is 12.4. The van der Waals surface area contributed by atoms with Crippen molar-refractivity contribution < 1.29 is 0 Å². The van der Waals surface area contributed by atoms with Crippen LogP contribution in [0.15, 0.2) is 0 Å². The van der Waals surface area contributed by atoms with Crippen LogP contribution in [0.4, 0.5) is 0 Å². The Morgan fingerprint density at radius 1 is 1.00 bits per heavy atom. The van der Waals surface area contributed by atoms with Crippen molar-refractivity contribution in [2.45, 2.75) is 75.8 Å². The molecular formula is C16H30N2. The Morgan fingerprint density at radius 2 is 1.61 bits per heavy atom. The molecule has 0 bridgehead atoms. The summed E-state index contributed by atoms with van der Waals surface area (Å²) in [6.07, 6.45) is 14.4. The minimum absolute atomic E-state index is 0.461. The number of hydrogen-bond donors (Lipinski definition) is 2. The zero-order valence-electron chi connectivity index (χ0n) is 12.0. The average Bonchev–Trinajstić information content (AvgIpc) is 3.29. The first kappa shape index (κ1) is 12.9. The third-order valence-electron chi connectivity index (χ3n) is 5.58. The van der Waals surface area contributed by atoms with E-state index in [0.29, 0.717) is 5.54 Å². The van der Waals surface area contributed by atoms with E-state index in [4.69, 9.17) is 0 Å². The molecule has 0 radical (unpaired) electrons. The Morgan fingerprint density at radius 3 is 2.11 bits per heavy atom. The highest BCUT2D eigenvalue weighted by molar-refractivity contribution is 4.97. The minimum Gasteiger partial charge on any atom is -0.314 e. The molecule has 0 heterocycles. The molecule has 104 valence electrons. The molecular weight excluding hydrogens is 220 g/mol. The second kappa shape index (κ2) is 5.50. The lowest BCUT2D eigenvalue weighted by Gasteiger charge is -2.38. The fourth-order valence-electron chi connectivity index (χ4n) is 3.96. The van der Waals surface area contributed by atoms with Gasteiger partial charge in [-0.05, 0) is 70.4 Å². The second-order valence-electron chi connectivity index (χ2n) is 7.00. The third-order valence-corrected chi connectivity index (χ3v) is 5.58.